The number of amides is 1. The summed E-state index contributed by atoms with van der Waals surface area (Å²) < 4.78 is 0. The molecule has 2 aliphatic heterocycles. The smallest absolute Gasteiger partial charge is 0.234 e. The molecular formula is C14H27N3O. The molecule has 4 heteroatoms. The summed E-state index contributed by atoms with van der Waals surface area (Å²) in [5.41, 5.74) is 0. The average molecular weight is 253 g/mol. The van der Waals surface area contributed by atoms with Crippen LogP contribution in [0.3, 0.4) is 0 Å². The number of nitrogens with zero attached hydrogens (tertiary/aromatic N) is 1. The van der Waals surface area contributed by atoms with Crippen molar-refractivity contribution in [2.75, 3.05) is 26.2 Å². The fourth-order valence-electron chi connectivity index (χ4n) is 3.12. The fourth-order valence-corrected chi connectivity index (χ4v) is 3.12. The van der Waals surface area contributed by atoms with Gasteiger partial charge in [0, 0.05) is 18.6 Å². The summed E-state index contributed by atoms with van der Waals surface area (Å²) in [6.45, 7) is 12.5. The minimum atomic E-state index is 0.177. The third kappa shape index (κ3) is 2.86. The van der Waals surface area contributed by atoms with E-state index in [2.05, 4.69) is 43.2 Å². The second kappa shape index (κ2) is 5.57. The van der Waals surface area contributed by atoms with Gasteiger partial charge in [-0.15, -0.1) is 0 Å². The van der Waals surface area contributed by atoms with E-state index in [1.54, 1.807) is 0 Å². The van der Waals surface area contributed by atoms with E-state index < -0.39 is 0 Å². The van der Waals surface area contributed by atoms with Gasteiger partial charge in [-0.05, 0) is 44.7 Å². The number of nitrogens with one attached hydrogen (secondary N) is 2. The van der Waals surface area contributed by atoms with Crippen LogP contribution in [0.25, 0.3) is 0 Å². The zero-order chi connectivity index (χ0) is 13.3. The van der Waals surface area contributed by atoms with Crippen LogP contribution in [0, 0.1) is 17.8 Å². The average Bonchev–Trinajstić information content (AvgIpc) is 2.83. The molecule has 0 radical (unpaired) electrons. The number of carbonyl (C=O) groups is 1. The lowest BCUT2D eigenvalue weighted by Gasteiger charge is -2.25. The van der Waals surface area contributed by atoms with Crippen LogP contribution in [-0.2, 0) is 4.79 Å². The first-order valence-electron chi connectivity index (χ1n) is 7.23. The molecule has 0 aliphatic carbocycles. The molecule has 2 rings (SSSR count). The van der Waals surface area contributed by atoms with E-state index in [0.29, 0.717) is 18.5 Å². The van der Waals surface area contributed by atoms with Gasteiger partial charge >= 0.3 is 0 Å². The molecule has 4 nitrogen and oxygen atoms in total. The number of rotatable bonds is 4. The minimum absolute atomic E-state index is 0.177. The summed E-state index contributed by atoms with van der Waals surface area (Å²) in [5.74, 6) is 2.15. The maximum Gasteiger partial charge on any atom is 0.234 e. The molecule has 2 N–H and O–H groups in total. The molecule has 1 amide bonds. The normalized spacial score (nSPS) is 33.7. The minimum Gasteiger partial charge on any atom is -0.352 e. The van der Waals surface area contributed by atoms with Crippen LogP contribution < -0.4 is 10.6 Å². The summed E-state index contributed by atoms with van der Waals surface area (Å²) >= 11 is 0. The second-order valence-electron chi connectivity index (χ2n) is 6.35. The number of hydrogen-bond donors (Lipinski definition) is 2. The maximum atomic E-state index is 12.0. The van der Waals surface area contributed by atoms with E-state index in [1.807, 2.05) is 0 Å². The van der Waals surface area contributed by atoms with Crippen LogP contribution >= 0.6 is 0 Å². The number of hydrogen-bond acceptors (Lipinski definition) is 3. The molecule has 104 valence electrons. The first kappa shape index (κ1) is 13.8. The van der Waals surface area contributed by atoms with Gasteiger partial charge < -0.3 is 10.6 Å². The van der Waals surface area contributed by atoms with Gasteiger partial charge in [0.05, 0.1) is 6.54 Å². The molecule has 0 aromatic rings. The van der Waals surface area contributed by atoms with E-state index in [1.165, 1.54) is 0 Å². The first-order valence-corrected chi connectivity index (χ1v) is 7.23. The van der Waals surface area contributed by atoms with Crippen molar-refractivity contribution in [3.63, 3.8) is 0 Å². The molecule has 0 spiro atoms. The summed E-state index contributed by atoms with van der Waals surface area (Å²) in [4.78, 5) is 14.4. The Hall–Kier alpha value is -0.610. The lowest BCUT2D eigenvalue weighted by atomic mass is 9.95. The van der Waals surface area contributed by atoms with Crippen molar-refractivity contribution in [1.29, 1.82) is 0 Å². The van der Waals surface area contributed by atoms with Gasteiger partial charge in [-0.2, -0.15) is 0 Å². The molecule has 2 saturated heterocycles. The molecule has 2 heterocycles. The highest BCUT2D eigenvalue weighted by Gasteiger charge is 2.42. The van der Waals surface area contributed by atoms with E-state index in [-0.39, 0.29) is 11.9 Å². The quantitative estimate of drug-likeness (QED) is 0.775. The Labute approximate surface area is 110 Å². The van der Waals surface area contributed by atoms with Crippen LogP contribution in [0.15, 0.2) is 0 Å². The second-order valence-corrected chi connectivity index (χ2v) is 6.35. The van der Waals surface area contributed by atoms with Gasteiger partial charge in [0.1, 0.15) is 0 Å². The predicted octanol–water partition coefficient (Wildman–Crippen LogP) is 0.687. The Morgan fingerprint density at radius 3 is 2.72 bits per heavy atom. The Morgan fingerprint density at radius 2 is 2.11 bits per heavy atom. The predicted molar refractivity (Wildman–Crippen MR) is 73.3 cm³/mol. The molecule has 2 aliphatic rings. The molecule has 18 heavy (non-hydrogen) atoms. The van der Waals surface area contributed by atoms with E-state index in [0.717, 1.165) is 31.5 Å². The monoisotopic (exact) mass is 253 g/mol. The van der Waals surface area contributed by atoms with Crippen molar-refractivity contribution < 1.29 is 4.79 Å². The molecule has 0 saturated carbocycles. The Bertz CT molecular complexity index is 305. The summed E-state index contributed by atoms with van der Waals surface area (Å²) in [6, 6.07) is 0.793. The van der Waals surface area contributed by atoms with Gasteiger partial charge in [-0.3, -0.25) is 9.69 Å². The number of carbonyl (C=O) groups excluding carboxylic acids is 1. The zero-order valence-electron chi connectivity index (χ0n) is 12.1. The van der Waals surface area contributed by atoms with Crippen molar-refractivity contribution in [2.24, 2.45) is 17.8 Å². The van der Waals surface area contributed by atoms with Crippen molar-refractivity contribution >= 4 is 5.91 Å². The van der Waals surface area contributed by atoms with E-state index in [9.17, 15) is 4.79 Å². The fraction of sp³-hybridized carbons (Fsp3) is 0.929. The van der Waals surface area contributed by atoms with Crippen molar-refractivity contribution in [1.82, 2.24) is 15.5 Å². The first-order chi connectivity index (χ1) is 8.49. The lowest BCUT2D eigenvalue weighted by molar-refractivity contribution is -0.123. The van der Waals surface area contributed by atoms with Crippen molar-refractivity contribution in [2.45, 2.75) is 39.8 Å². The Balaban J connectivity index is 1.81. The van der Waals surface area contributed by atoms with Gasteiger partial charge in [0.2, 0.25) is 5.91 Å². The van der Waals surface area contributed by atoms with Gasteiger partial charge in [-0.1, -0.05) is 13.8 Å². The third-order valence-electron chi connectivity index (χ3n) is 4.79. The largest absolute Gasteiger partial charge is 0.352 e. The standard InChI is InChI=1S/C14H27N3O/c1-9(2)10(3)16-14(18)8-17-7-12-5-15-6-13(12)11(17)4/h9-13,15H,5-8H2,1-4H3,(H,16,18). The van der Waals surface area contributed by atoms with Crippen LogP contribution in [-0.4, -0.2) is 49.1 Å². The van der Waals surface area contributed by atoms with E-state index in [4.69, 9.17) is 0 Å². The Morgan fingerprint density at radius 1 is 1.39 bits per heavy atom. The summed E-state index contributed by atoms with van der Waals surface area (Å²) in [7, 11) is 0. The van der Waals surface area contributed by atoms with E-state index >= 15 is 0 Å². The molecular weight excluding hydrogens is 226 g/mol. The van der Waals surface area contributed by atoms with Gasteiger partial charge in [0.15, 0.2) is 0 Å². The highest BCUT2D eigenvalue weighted by Crippen LogP contribution is 2.31. The third-order valence-corrected chi connectivity index (χ3v) is 4.79. The summed E-state index contributed by atoms with van der Waals surface area (Å²) in [6.07, 6.45) is 0. The Kier molecular flexibility index (Phi) is 4.28. The maximum absolute atomic E-state index is 12.0. The number of fused-ring (bicyclic) bond motifs is 1. The van der Waals surface area contributed by atoms with Gasteiger partial charge in [-0.25, -0.2) is 0 Å². The summed E-state index contributed by atoms with van der Waals surface area (Å²) in [5, 5.41) is 6.54. The van der Waals surface area contributed by atoms with Crippen LogP contribution in [0.4, 0.5) is 0 Å². The van der Waals surface area contributed by atoms with Crippen LogP contribution in [0.5, 0.6) is 0 Å². The zero-order valence-corrected chi connectivity index (χ0v) is 12.1. The lowest BCUT2D eigenvalue weighted by Crippen LogP contribution is -2.45. The van der Waals surface area contributed by atoms with Crippen LogP contribution in [0.1, 0.15) is 27.7 Å². The molecule has 0 aromatic heterocycles. The molecule has 4 atom stereocenters. The molecule has 2 fully saturated rings. The highest BCUT2D eigenvalue weighted by molar-refractivity contribution is 5.78. The van der Waals surface area contributed by atoms with Gasteiger partial charge in [0.25, 0.3) is 0 Å². The van der Waals surface area contributed by atoms with Crippen LogP contribution in [0.2, 0.25) is 0 Å². The molecule has 0 aromatic carbocycles. The number of likely N-dealkylation sites (tertiary alicyclic amines) is 1. The highest BCUT2D eigenvalue weighted by atomic mass is 16.2. The van der Waals surface area contributed by atoms with Crippen molar-refractivity contribution in [3.8, 4) is 0 Å². The molecule has 4 unspecified atom stereocenters. The molecule has 0 bridgehead atoms. The van der Waals surface area contributed by atoms with Crippen molar-refractivity contribution in [3.05, 3.63) is 0 Å². The topological polar surface area (TPSA) is 44.4 Å². The SMILES string of the molecule is CC(C)C(C)NC(=O)CN1CC2CNCC2C1C.